The molecule has 0 unspecified atom stereocenters. The first-order chi connectivity index (χ1) is 29.3. The quantitative estimate of drug-likeness (QED) is 0.0717. The van der Waals surface area contributed by atoms with Crippen molar-refractivity contribution >= 4 is 46.4 Å². The molecule has 0 bridgehead atoms. The Hall–Kier alpha value is -6.30. The van der Waals surface area contributed by atoms with E-state index in [1.807, 2.05) is 30.3 Å². The largest absolute Gasteiger partial charge is 0.445 e. The number of pyridine rings is 2. The predicted octanol–water partition coefficient (Wildman–Crippen LogP) is 3.00. The predicted molar refractivity (Wildman–Crippen MR) is 221 cm³/mol. The van der Waals surface area contributed by atoms with Gasteiger partial charge in [0.05, 0.1) is 29.5 Å². The molecule has 2 aliphatic rings. The Labute approximate surface area is 353 Å². The zero-order chi connectivity index (χ0) is 43.5. The van der Waals surface area contributed by atoms with Gasteiger partial charge in [-0.25, -0.2) is 9.48 Å². The first-order valence-electron chi connectivity index (χ1n) is 20.8. The number of rotatable bonds is 18. The molecule has 4 atom stereocenters. The lowest BCUT2D eigenvalue weighted by Gasteiger charge is -2.32. The Morgan fingerprint density at radius 1 is 0.934 bits per heavy atom. The van der Waals surface area contributed by atoms with Crippen LogP contribution in [0.4, 0.5) is 4.79 Å². The maximum absolute atomic E-state index is 14.9. The molecule has 6 rings (SSSR count). The van der Waals surface area contributed by atoms with E-state index in [2.05, 4.69) is 36.2 Å². The van der Waals surface area contributed by atoms with Crippen molar-refractivity contribution in [3.63, 3.8) is 0 Å². The Morgan fingerprint density at radius 3 is 2.44 bits per heavy atom. The molecule has 1 saturated carbocycles. The number of likely N-dealkylation sites (tertiary alicyclic amines) is 1. The number of unbranched alkanes of at least 4 members (excludes halogenated alkanes) is 1. The van der Waals surface area contributed by atoms with E-state index in [0.29, 0.717) is 35.9 Å². The second kappa shape index (κ2) is 20.3. The van der Waals surface area contributed by atoms with E-state index in [-0.39, 0.29) is 44.1 Å². The zero-order valence-corrected chi connectivity index (χ0v) is 34.5. The van der Waals surface area contributed by atoms with Crippen LogP contribution in [0.3, 0.4) is 0 Å². The number of aliphatic hydroxyl groups is 1. The molecule has 3 aromatic heterocycles. The first kappa shape index (κ1) is 44.3. The van der Waals surface area contributed by atoms with E-state index < -0.39 is 65.3 Å². The minimum atomic E-state index is -1.37. The monoisotopic (exact) mass is 838 g/mol. The highest BCUT2D eigenvalue weighted by atomic mass is 16.5. The molecule has 1 aliphatic heterocycles. The number of nitrogens with one attached hydrogen (secondary N) is 3. The van der Waals surface area contributed by atoms with Crippen molar-refractivity contribution in [2.45, 2.75) is 114 Å². The number of Topliss-reactive ketones (excluding diaryl/α,β-unsaturated/α-hetero) is 1. The number of fused-ring (bicyclic) bond motifs is 1. The molecular weight excluding hydrogens is 785 g/mol. The van der Waals surface area contributed by atoms with Gasteiger partial charge >= 0.3 is 6.09 Å². The van der Waals surface area contributed by atoms with E-state index in [9.17, 15) is 33.9 Å². The number of carbonyl (C=O) groups is 6. The summed E-state index contributed by atoms with van der Waals surface area (Å²) in [6.45, 7) is 3.39. The summed E-state index contributed by atoms with van der Waals surface area (Å²) in [5, 5.41) is 28.0. The number of primary amides is 1. The Bertz CT molecular complexity index is 2180. The topological polar surface area (TPSA) is 254 Å². The Balaban J connectivity index is 1.20. The van der Waals surface area contributed by atoms with Gasteiger partial charge in [0.25, 0.3) is 11.8 Å². The van der Waals surface area contributed by atoms with E-state index in [4.69, 9.17) is 10.5 Å². The highest BCUT2D eigenvalue weighted by Crippen LogP contribution is 2.34. The average molecular weight is 839 g/mol. The number of amides is 5. The summed E-state index contributed by atoms with van der Waals surface area (Å²) in [5.74, 6) is -3.94. The van der Waals surface area contributed by atoms with Crippen LogP contribution in [0, 0.1) is 5.92 Å². The lowest BCUT2D eigenvalue weighted by atomic mass is 9.84. The molecule has 61 heavy (non-hydrogen) atoms. The number of benzene rings is 1. The minimum absolute atomic E-state index is 0.0111. The maximum Gasteiger partial charge on any atom is 0.407 e. The summed E-state index contributed by atoms with van der Waals surface area (Å²) in [6, 6.07) is 10.1. The molecule has 0 radical (unpaired) electrons. The van der Waals surface area contributed by atoms with Gasteiger partial charge in [-0.15, -0.1) is 5.10 Å². The molecule has 6 N–H and O–H groups in total. The van der Waals surface area contributed by atoms with Gasteiger partial charge in [0.1, 0.15) is 30.0 Å². The summed E-state index contributed by atoms with van der Waals surface area (Å²) >= 11 is 0. The smallest absolute Gasteiger partial charge is 0.407 e. The van der Waals surface area contributed by atoms with Gasteiger partial charge in [-0.2, -0.15) is 0 Å². The van der Waals surface area contributed by atoms with E-state index in [1.54, 1.807) is 38.2 Å². The number of nitrogens with zero attached hydrogens (tertiary/aromatic N) is 6. The normalized spacial score (nSPS) is 17.9. The van der Waals surface area contributed by atoms with Crippen molar-refractivity contribution in [1.29, 1.82) is 0 Å². The van der Waals surface area contributed by atoms with Gasteiger partial charge in [0, 0.05) is 37.3 Å². The van der Waals surface area contributed by atoms with Crippen molar-refractivity contribution in [1.82, 2.24) is 45.8 Å². The maximum atomic E-state index is 14.9. The van der Waals surface area contributed by atoms with Crippen LogP contribution in [-0.2, 0) is 36.1 Å². The number of carbonyl (C=O) groups excluding carboxylic acids is 6. The third-order valence-electron chi connectivity index (χ3n) is 11.3. The minimum Gasteiger partial charge on any atom is -0.445 e. The molecule has 324 valence electrons. The second-order valence-electron chi connectivity index (χ2n) is 16.3. The van der Waals surface area contributed by atoms with Gasteiger partial charge in [-0.1, -0.05) is 67.6 Å². The first-order valence-corrected chi connectivity index (χ1v) is 20.8. The van der Waals surface area contributed by atoms with Crippen molar-refractivity contribution < 1.29 is 38.6 Å². The summed E-state index contributed by atoms with van der Waals surface area (Å²) in [5.41, 5.74) is 5.90. The van der Waals surface area contributed by atoms with Crippen LogP contribution in [0.2, 0.25) is 0 Å². The van der Waals surface area contributed by atoms with Crippen molar-refractivity contribution in [2.75, 3.05) is 13.1 Å². The molecule has 5 amide bonds. The van der Waals surface area contributed by atoms with E-state index in [0.717, 1.165) is 37.7 Å². The third kappa shape index (κ3) is 11.5. The number of aromatic nitrogens is 5. The Morgan fingerprint density at radius 2 is 1.70 bits per heavy atom. The van der Waals surface area contributed by atoms with Crippen LogP contribution < -0.4 is 21.7 Å². The fourth-order valence-corrected chi connectivity index (χ4v) is 8.17. The van der Waals surface area contributed by atoms with Crippen LogP contribution in [0.25, 0.3) is 10.9 Å². The van der Waals surface area contributed by atoms with Crippen LogP contribution in [0.5, 0.6) is 0 Å². The lowest BCUT2D eigenvalue weighted by molar-refractivity contribution is -0.142. The van der Waals surface area contributed by atoms with Gasteiger partial charge < -0.3 is 36.4 Å². The number of nitrogens with two attached hydrogens (primary N) is 1. The Kier molecular flexibility index (Phi) is 14.7. The van der Waals surface area contributed by atoms with Crippen LogP contribution in [0.1, 0.15) is 106 Å². The average Bonchev–Trinajstić information content (AvgIpc) is 3.94. The SMILES string of the molecule is CC(C)(O)c1cnnn1[C@H]1C[C@@H](C(=O)N[C@@H](CCCCNC(=O)OCc2ccccc2)C(=O)C(N)=O)N(C(=O)[C@@H](CC2CCCCC2)NC(=O)c2nccc3ncccc23)C1. The number of ether oxygens (including phenoxy) is 1. The van der Waals surface area contributed by atoms with E-state index >= 15 is 0 Å². The zero-order valence-electron chi connectivity index (χ0n) is 34.5. The summed E-state index contributed by atoms with van der Waals surface area (Å²) < 4.78 is 6.72. The fourth-order valence-electron chi connectivity index (χ4n) is 8.17. The van der Waals surface area contributed by atoms with Gasteiger partial charge in [-0.3, -0.25) is 33.9 Å². The number of hydrogen-bond acceptors (Lipinski definition) is 12. The van der Waals surface area contributed by atoms with Gasteiger partial charge in [-0.05, 0) is 69.2 Å². The van der Waals surface area contributed by atoms with Crippen molar-refractivity contribution in [2.24, 2.45) is 11.7 Å². The standard InChI is InChI=1S/C43H54N10O8/c1-43(2,60)35-24-48-51-53(35)29-23-34(39(56)49-32(37(54)38(44)55)17-9-10-19-47-42(59)61-26-28-14-7-4-8-15-28)52(25-29)41(58)33(22-27-12-5-3-6-13-27)50-40(57)36-30-16-11-20-45-31(30)18-21-46-36/h4,7-8,11,14-16,18,20-21,24,27,29,32-34,60H,3,5-6,9-10,12-13,17,19,22-23,25-26H2,1-2H3,(H2,44,55)(H,47,59)(H,49,56)(H,50,57)/t29-,32-,33+,34-/m0/s1. The van der Waals surface area contributed by atoms with Crippen LogP contribution in [0.15, 0.2) is 67.1 Å². The number of hydrogen-bond donors (Lipinski definition) is 5. The molecule has 1 aromatic carbocycles. The highest BCUT2D eigenvalue weighted by molar-refractivity contribution is 6.37. The van der Waals surface area contributed by atoms with Crippen LogP contribution >= 0.6 is 0 Å². The molecule has 0 spiro atoms. The highest BCUT2D eigenvalue weighted by Gasteiger charge is 2.45. The molecule has 4 heterocycles. The second-order valence-corrected chi connectivity index (χ2v) is 16.3. The van der Waals surface area contributed by atoms with E-state index in [1.165, 1.54) is 22.0 Å². The number of alkyl carbamates (subject to hydrolysis) is 1. The van der Waals surface area contributed by atoms with Crippen molar-refractivity contribution in [3.8, 4) is 0 Å². The molecule has 4 aromatic rings. The van der Waals surface area contributed by atoms with Gasteiger partial charge in [0.2, 0.25) is 17.6 Å². The third-order valence-corrected chi connectivity index (χ3v) is 11.3. The molecule has 18 heteroatoms. The lowest BCUT2D eigenvalue weighted by Crippen LogP contribution is -2.56. The van der Waals surface area contributed by atoms with Gasteiger partial charge in [0.15, 0.2) is 0 Å². The van der Waals surface area contributed by atoms with Crippen LogP contribution in [-0.4, -0.2) is 102 Å². The summed E-state index contributed by atoms with van der Waals surface area (Å²) in [6.07, 6.45) is 9.71. The molecule has 18 nitrogen and oxygen atoms in total. The van der Waals surface area contributed by atoms with Crippen molar-refractivity contribution in [3.05, 3.63) is 84.1 Å². The molecule has 1 aliphatic carbocycles. The molecule has 2 fully saturated rings. The molecular formula is C43H54N10O8. The molecule has 1 saturated heterocycles. The summed E-state index contributed by atoms with van der Waals surface area (Å²) in [4.78, 5) is 90.9. The fraction of sp³-hybridized carbons (Fsp3) is 0.488. The number of ketones is 1. The summed E-state index contributed by atoms with van der Waals surface area (Å²) in [7, 11) is 0.